The Morgan fingerprint density at radius 1 is 1.13 bits per heavy atom. The molecule has 15 heavy (non-hydrogen) atoms. The highest BCUT2D eigenvalue weighted by Crippen LogP contribution is 2.25. The third-order valence-corrected chi connectivity index (χ3v) is 2.66. The van der Waals surface area contributed by atoms with E-state index in [0.29, 0.717) is 10.0 Å². The highest BCUT2D eigenvalue weighted by molar-refractivity contribution is 6.35. The average Bonchev–Trinajstić information content (AvgIpc) is 2.23. The first-order valence-electron chi connectivity index (χ1n) is 5.07. The Morgan fingerprint density at radius 3 is 2.60 bits per heavy atom. The van der Waals surface area contributed by atoms with Crippen molar-refractivity contribution in [3.63, 3.8) is 0 Å². The van der Waals surface area contributed by atoms with Gasteiger partial charge in [0.2, 0.25) is 0 Å². The zero-order chi connectivity index (χ0) is 11.1. The van der Waals surface area contributed by atoms with Crippen molar-refractivity contribution in [3.8, 4) is 0 Å². The summed E-state index contributed by atoms with van der Waals surface area (Å²) in [5.41, 5.74) is 0.911. The predicted molar refractivity (Wildman–Crippen MR) is 68.1 cm³/mol. The molecule has 1 aromatic carbocycles. The zero-order valence-electron chi connectivity index (χ0n) is 8.82. The second-order valence-electron chi connectivity index (χ2n) is 3.36. The summed E-state index contributed by atoms with van der Waals surface area (Å²) in [5, 5.41) is 7.80. The van der Waals surface area contributed by atoms with Gasteiger partial charge in [-0.05, 0) is 44.6 Å². The number of halogens is 2. The van der Waals surface area contributed by atoms with Crippen LogP contribution in [0.25, 0.3) is 0 Å². The molecule has 0 aromatic heterocycles. The normalized spacial score (nSPS) is 10.3. The Bertz CT molecular complexity index is 303. The highest BCUT2D eigenvalue weighted by Gasteiger charge is 1.99. The molecule has 0 aliphatic heterocycles. The Kier molecular flexibility index (Phi) is 5.84. The van der Waals surface area contributed by atoms with Crippen LogP contribution in [0.1, 0.15) is 12.8 Å². The average molecular weight is 247 g/mol. The molecule has 0 radical (unpaired) electrons. The van der Waals surface area contributed by atoms with Gasteiger partial charge in [-0.1, -0.05) is 23.2 Å². The number of hydrogen-bond donors (Lipinski definition) is 2. The summed E-state index contributed by atoms with van der Waals surface area (Å²) in [6.07, 6.45) is 2.27. The Balaban J connectivity index is 2.33. The van der Waals surface area contributed by atoms with Gasteiger partial charge < -0.3 is 10.6 Å². The van der Waals surface area contributed by atoms with Gasteiger partial charge in [0.25, 0.3) is 0 Å². The van der Waals surface area contributed by atoms with Crippen molar-refractivity contribution >= 4 is 28.9 Å². The zero-order valence-corrected chi connectivity index (χ0v) is 10.3. The molecule has 0 aliphatic carbocycles. The Labute approximate surface area is 101 Å². The molecule has 1 rings (SSSR count). The van der Waals surface area contributed by atoms with Gasteiger partial charge in [-0.25, -0.2) is 0 Å². The maximum Gasteiger partial charge on any atom is 0.0638 e. The molecule has 0 aliphatic rings. The van der Waals surface area contributed by atoms with E-state index in [4.69, 9.17) is 23.2 Å². The quantitative estimate of drug-likeness (QED) is 0.753. The maximum absolute atomic E-state index is 6.00. The molecule has 4 heteroatoms. The van der Waals surface area contributed by atoms with E-state index < -0.39 is 0 Å². The fourth-order valence-corrected chi connectivity index (χ4v) is 1.64. The van der Waals surface area contributed by atoms with Crippen LogP contribution in [-0.4, -0.2) is 20.1 Å². The molecule has 0 heterocycles. The summed E-state index contributed by atoms with van der Waals surface area (Å²) in [7, 11) is 1.96. The van der Waals surface area contributed by atoms with E-state index in [1.165, 1.54) is 0 Å². The molecular weight excluding hydrogens is 231 g/mol. The molecule has 0 spiro atoms. The smallest absolute Gasteiger partial charge is 0.0638 e. The van der Waals surface area contributed by atoms with E-state index >= 15 is 0 Å². The lowest BCUT2D eigenvalue weighted by Gasteiger charge is -2.08. The predicted octanol–water partition coefficient (Wildman–Crippen LogP) is 3.40. The van der Waals surface area contributed by atoms with Crippen LogP contribution >= 0.6 is 23.2 Å². The Hall–Kier alpha value is -0.440. The summed E-state index contributed by atoms with van der Waals surface area (Å²) >= 11 is 11.9. The molecule has 0 saturated carbocycles. The SMILES string of the molecule is CNCCCCNc1cc(Cl)ccc1Cl. The fourth-order valence-electron chi connectivity index (χ4n) is 1.28. The van der Waals surface area contributed by atoms with Gasteiger partial charge in [-0.2, -0.15) is 0 Å². The standard InChI is InChI=1S/C11H16Cl2N2/c1-14-6-2-3-7-15-11-8-9(12)4-5-10(11)13/h4-5,8,14-15H,2-3,6-7H2,1H3. The number of hydrogen-bond acceptors (Lipinski definition) is 2. The Morgan fingerprint density at radius 2 is 1.87 bits per heavy atom. The van der Waals surface area contributed by atoms with Crippen LogP contribution in [0, 0.1) is 0 Å². The molecule has 0 atom stereocenters. The third kappa shape index (κ3) is 4.74. The molecule has 2 N–H and O–H groups in total. The van der Waals surface area contributed by atoms with E-state index in [2.05, 4.69) is 10.6 Å². The summed E-state index contributed by atoms with van der Waals surface area (Å²) in [4.78, 5) is 0. The van der Waals surface area contributed by atoms with Crippen molar-refractivity contribution in [2.45, 2.75) is 12.8 Å². The van der Waals surface area contributed by atoms with Gasteiger partial charge in [0, 0.05) is 11.6 Å². The minimum atomic E-state index is 0.706. The number of nitrogens with one attached hydrogen (secondary N) is 2. The van der Waals surface area contributed by atoms with Crippen LogP contribution in [0.5, 0.6) is 0 Å². The monoisotopic (exact) mass is 246 g/mol. The molecule has 0 saturated heterocycles. The number of benzene rings is 1. The first-order chi connectivity index (χ1) is 7.24. The molecule has 0 bridgehead atoms. The van der Waals surface area contributed by atoms with Crippen LogP contribution in [0.4, 0.5) is 5.69 Å². The number of rotatable bonds is 6. The van der Waals surface area contributed by atoms with Gasteiger partial charge in [0.05, 0.1) is 10.7 Å². The lowest BCUT2D eigenvalue weighted by molar-refractivity contribution is 0.694. The highest BCUT2D eigenvalue weighted by atomic mass is 35.5. The van der Waals surface area contributed by atoms with Gasteiger partial charge in [-0.15, -0.1) is 0 Å². The van der Waals surface area contributed by atoms with Crippen molar-refractivity contribution in [2.24, 2.45) is 0 Å². The summed E-state index contributed by atoms with van der Waals surface area (Å²) in [6.45, 7) is 1.96. The van der Waals surface area contributed by atoms with Crippen molar-refractivity contribution < 1.29 is 0 Å². The van der Waals surface area contributed by atoms with Crippen LogP contribution in [0.15, 0.2) is 18.2 Å². The second-order valence-corrected chi connectivity index (χ2v) is 4.21. The van der Waals surface area contributed by atoms with Gasteiger partial charge in [0.15, 0.2) is 0 Å². The lowest BCUT2D eigenvalue weighted by atomic mass is 10.2. The molecule has 0 amide bonds. The molecule has 0 unspecified atom stereocenters. The van der Waals surface area contributed by atoms with E-state index in [9.17, 15) is 0 Å². The van der Waals surface area contributed by atoms with Crippen molar-refractivity contribution in [3.05, 3.63) is 28.2 Å². The topological polar surface area (TPSA) is 24.1 Å². The summed E-state index contributed by atoms with van der Waals surface area (Å²) < 4.78 is 0. The van der Waals surface area contributed by atoms with Gasteiger partial charge >= 0.3 is 0 Å². The minimum absolute atomic E-state index is 0.706. The molecular formula is C11H16Cl2N2. The molecule has 84 valence electrons. The van der Waals surface area contributed by atoms with Gasteiger partial charge in [0.1, 0.15) is 0 Å². The number of unbranched alkanes of at least 4 members (excludes halogenated alkanes) is 1. The van der Waals surface area contributed by atoms with Crippen molar-refractivity contribution in [1.29, 1.82) is 0 Å². The van der Waals surface area contributed by atoms with Crippen LogP contribution in [-0.2, 0) is 0 Å². The largest absolute Gasteiger partial charge is 0.384 e. The van der Waals surface area contributed by atoms with Crippen LogP contribution in [0.2, 0.25) is 10.0 Å². The second kappa shape index (κ2) is 6.94. The van der Waals surface area contributed by atoms with E-state index in [1.807, 2.05) is 13.1 Å². The van der Waals surface area contributed by atoms with E-state index in [0.717, 1.165) is 31.6 Å². The van der Waals surface area contributed by atoms with Gasteiger partial charge in [-0.3, -0.25) is 0 Å². The number of anilines is 1. The van der Waals surface area contributed by atoms with Crippen molar-refractivity contribution in [1.82, 2.24) is 5.32 Å². The summed E-state index contributed by atoms with van der Waals surface area (Å²) in [5.74, 6) is 0. The third-order valence-electron chi connectivity index (χ3n) is 2.10. The first kappa shape index (κ1) is 12.6. The van der Waals surface area contributed by atoms with E-state index in [1.54, 1.807) is 12.1 Å². The molecule has 0 fully saturated rings. The molecule has 2 nitrogen and oxygen atoms in total. The lowest BCUT2D eigenvalue weighted by Crippen LogP contribution is -2.10. The van der Waals surface area contributed by atoms with Crippen molar-refractivity contribution in [2.75, 3.05) is 25.5 Å². The maximum atomic E-state index is 6.00. The van der Waals surface area contributed by atoms with Crippen LogP contribution in [0.3, 0.4) is 0 Å². The minimum Gasteiger partial charge on any atom is -0.384 e. The molecule has 1 aromatic rings. The first-order valence-corrected chi connectivity index (χ1v) is 5.83. The van der Waals surface area contributed by atoms with Crippen LogP contribution < -0.4 is 10.6 Å². The van der Waals surface area contributed by atoms with E-state index in [-0.39, 0.29) is 0 Å². The summed E-state index contributed by atoms with van der Waals surface area (Å²) in [6, 6.07) is 5.44. The fraction of sp³-hybridized carbons (Fsp3) is 0.455.